The first-order valence-corrected chi connectivity index (χ1v) is 17.9. The van der Waals surface area contributed by atoms with Crippen LogP contribution >= 0.6 is 7.82 Å². The Labute approximate surface area is 257 Å². The van der Waals surface area contributed by atoms with Crippen molar-refractivity contribution in [3.63, 3.8) is 0 Å². The van der Waals surface area contributed by atoms with Crippen LogP contribution in [0, 0.1) is 0 Å². The summed E-state index contributed by atoms with van der Waals surface area (Å²) in [6, 6.07) is -0.861. The summed E-state index contributed by atoms with van der Waals surface area (Å²) < 4.78 is 23.3. The molecule has 42 heavy (non-hydrogen) atoms. The Morgan fingerprint density at radius 2 is 1.36 bits per heavy atom. The molecule has 9 heteroatoms. The monoisotopic (exact) mass is 615 g/mol. The second-order valence-electron chi connectivity index (χ2n) is 12.2. The molecule has 3 atom stereocenters. The Hall–Kier alpha value is -1.28. The number of phosphoric acid groups is 1. The lowest BCUT2D eigenvalue weighted by Crippen LogP contribution is -2.45. The van der Waals surface area contributed by atoms with Gasteiger partial charge in [0.25, 0.3) is 0 Å². The maximum Gasteiger partial charge on any atom is 0.472 e. The smallest absolute Gasteiger partial charge is 0.387 e. The molecular formula is C33H64N2O6P+. The molecule has 0 aliphatic heterocycles. The van der Waals surface area contributed by atoms with Gasteiger partial charge in [0, 0.05) is 6.42 Å². The van der Waals surface area contributed by atoms with E-state index in [1.807, 2.05) is 27.2 Å². The molecule has 0 aromatic heterocycles. The molecule has 246 valence electrons. The van der Waals surface area contributed by atoms with Gasteiger partial charge in [-0.1, -0.05) is 95.2 Å². The number of phosphoric ester groups is 1. The molecular weight excluding hydrogens is 551 g/mol. The van der Waals surface area contributed by atoms with Crippen LogP contribution in [0.4, 0.5) is 0 Å². The Morgan fingerprint density at radius 1 is 0.786 bits per heavy atom. The molecule has 0 spiro atoms. The minimum absolute atomic E-state index is 0.0535. The van der Waals surface area contributed by atoms with E-state index in [0.29, 0.717) is 17.4 Å². The van der Waals surface area contributed by atoms with Crippen LogP contribution in [0.1, 0.15) is 117 Å². The lowest BCUT2D eigenvalue weighted by atomic mass is 10.1. The number of hydrogen-bond donors (Lipinski definition) is 3. The van der Waals surface area contributed by atoms with Crippen LogP contribution in [0.5, 0.6) is 0 Å². The first-order chi connectivity index (χ1) is 20.0. The molecule has 0 aliphatic rings. The van der Waals surface area contributed by atoms with Gasteiger partial charge in [-0.2, -0.15) is 0 Å². The average Bonchev–Trinajstić information content (AvgIpc) is 2.92. The number of aliphatic hydroxyl groups is 1. The molecule has 0 saturated carbocycles. The van der Waals surface area contributed by atoms with Gasteiger partial charge < -0.3 is 19.8 Å². The summed E-state index contributed by atoms with van der Waals surface area (Å²) >= 11 is 0. The van der Waals surface area contributed by atoms with Crippen molar-refractivity contribution >= 4 is 13.7 Å². The highest BCUT2D eigenvalue weighted by molar-refractivity contribution is 7.47. The zero-order valence-electron chi connectivity index (χ0n) is 27.5. The number of carbonyl (C=O) groups excluding carboxylic acids is 1. The van der Waals surface area contributed by atoms with E-state index < -0.39 is 20.0 Å². The van der Waals surface area contributed by atoms with Crippen LogP contribution in [-0.2, 0) is 18.4 Å². The number of hydrogen-bond acceptors (Lipinski definition) is 5. The normalized spacial score (nSPS) is 15.5. The summed E-state index contributed by atoms with van der Waals surface area (Å²) in [5.41, 5.74) is 0. The fraction of sp³-hybridized carbons (Fsp3) is 0.788. The number of aliphatic hydroxyl groups excluding tert-OH is 1. The molecule has 0 bridgehead atoms. The van der Waals surface area contributed by atoms with Crippen molar-refractivity contribution in [2.45, 2.75) is 129 Å². The maximum absolute atomic E-state index is 12.7. The predicted octanol–water partition coefficient (Wildman–Crippen LogP) is 7.62. The number of nitrogens with zero attached hydrogens (tertiary/aromatic N) is 1. The highest BCUT2D eigenvalue weighted by Crippen LogP contribution is 2.43. The molecule has 0 fully saturated rings. The number of likely N-dealkylation sites (N-methyl/N-ethyl adjacent to an activating group) is 1. The molecule has 0 heterocycles. The van der Waals surface area contributed by atoms with Crippen molar-refractivity contribution in [2.24, 2.45) is 0 Å². The zero-order chi connectivity index (χ0) is 31.5. The number of nitrogens with one attached hydrogen (secondary N) is 1. The minimum atomic E-state index is -4.33. The standard InChI is InChI=1S/C33H63N2O6P/c1-6-8-10-12-14-16-18-20-22-24-26-32(36)31(30-41-42(38,39)40-29-28-35(3,4)5)34-33(37)27-25-23-21-19-17-15-13-11-9-7-2/h11,13,16,18,24,26,31-32,36H,6-10,12,14-15,17,19-23,25,27-30H2,1-5H3,(H-,34,37,38,39)/p+1/b13-11-,18-16+,26-24+. The third kappa shape index (κ3) is 27.5. The highest BCUT2D eigenvalue weighted by atomic mass is 31.2. The highest BCUT2D eigenvalue weighted by Gasteiger charge is 2.27. The largest absolute Gasteiger partial charge is 0.472 e. The van der Waals surface area contributed by atoms with Gasteiger partial charge in [0.05, 0.1) is 39.9 Å². The van der Waals surface area contributed by atoms with Gasteiger partial charge >= 0.3 is 7.82 Å². The number of rotatable bonds is 28. The predicted molar refractivity (Wildman–Crippen MR) is 175 cm³/mol. The number of quaternary nitrogens is 1. The summed E-state index contributed by atoms with van der Waals surface area (Å²) in [6.45, 7) is 4.63. The quantitative estimate of drug-likeness (QED) is 0.0362. The fourth-order valence-corrected chi connectivity index (χ4v) is 4.85. The second-order valence-corrected chi connectivity index (χ2v) is 13.6. The van der Waals surface area contributed by atoms with E-state index in [9.17, 15) is 19.4 Å². The summed E-state index contributed by atoms with van der Waals surface area (Å²) in [5, 5.41) is 13.6. The molecule has 0 rings (SSSR count). The van der Waals surface area contributed by atoms with E-state index in [4.69, 9.17) is 9.05 Å². The molecule has 0 saturated heterocycles. The molecule has 0 radical (unpaired) electrons. The Morgan fingerprint density at radius 3 is 2.00 bits per heavy atom. The van der Waals surface area contributed by atoms with Gasteiger partial charge in [0.1, 0.15) is 13.2 Å². The first kappa shape index (κ1) is 40.7. The Balaban J connectivity index is 4.73. The minimum Gasteiger partial charge on any atom is -0.387 e. The lowest BCUT2D eigenvalue weighted by molar-refractivity contribution is -0.870. The number of carbonyl (C=O) groups is 1. The van der Waals surface area contributed by atoms with Crippen molar-refractivity contribution in [3.05, 3.63) is 36.5 Å². The molecule has 0 aromatic carbocycles. The topological polar surface area (TPSA) is 105 Å². The van der Waals surface area contributed by atoms with Crippen LogP contribution < -0.4 is 5.32 Å². The van der Waals surface area contributed by atoms with E-state index >= 15 is 0 Å². The van der Waals surface area contributed by atoms with E-state index in [2.05, 4.69) is 43.5 Å². The summed E-state index contributed by atoms with van der Waals surface area (Å²) in [7, 11) is 1.54. The number of allylic oxidation sites excluding steroid dienone is 5. The molecule has 8 nitrogen and oxygen atoms in total. The van der Waals surface area contributed by atoms with Crippen LogP contribution in [-0.4, -0.2) is 73.4 Å². The third-order valence-corrected chi connectivity index (χ3v) is 7.80. The van der Waals surface area contributed by atoms with Gasteiger partial charge in [0.15, 0.2) is 0 Å². The van der Waals surface area contributed by atoms with Crippen LogP contribution in [0.2, 0.25) is 0 Å². The van der Waals surface area contributed by atoms with E-state index in [1.54, 1.807) is 6.08 Å². The lowest BCUT2D eigenvalue weighted by Gasteiger charge is -2.25. The van der Waals surface area contributed by atoms with Gasteiger partial charge in [-0.05, 0) is 51.4 Å². The average molecular weight is 616 g/mol. The molecule has 0 aliphatic carbocycles. The molecule has 1 amide bonds. The van der Waals surface area contributed by atoms with Crippen LogP contribution in [0.3, 0.4) is 0 Å². The van der Waals surface area contributed by atoms with Crippen LogP contribution in [0.15, 0.2) is 36.5 Å². The summed E-state index contributed by atoms with van der Waals surface area (Å²) in [6.07, 6.45) is 27.9. The van der Waals surface area contributed by atoms with Crippen molar-refractivity contribution in [3.8, 4) is 0 Å². The van der Waals surface area contributed by atoms with Gasteiger partial charge in [-0.15, -0.1) is 0 Å². The van der Waals surface area contributed by atoms with Crippen molar-refractivity contribution in [1.29, 1.82) is 0 Å². The van der Waals surface area contributed by atoms with Crippen molar-refractivity contribution in [2.75, 3.05) is 40.9 Å². The van der Waals surface area contributed by atoms with Crippen molar-refractivity contribution in [1.82, 2.24) is 5.32 Å². The fourth-order valence-electron chi connectivity index (χ4n) is 4.11. The number of unbranched alkanes of at least 4 members (excludes halogenated alkanes) is 11. The Kier molecular flexibility index (Phi) is 25.4. The zero-order valence-corrected chi connectivity index (χ0v) is 28.4. The summed E-state index contributed by atoms with van der Waals surface area (Å²) in [4.78, 5) is 22.8. The van der Waals surface area contributed by atoms with Crippen LogP contribution in [0.25, 0.3) is 0 Å². The third-order valence-electron chi connectivity index (χ3n) is 6.81. The molecule has 3 unspecified atom stereocenters. The van der Waals surface area contributed by atoms with Gasteiger partial charge in [-0.3, -0.25) is 13.8 Å². The van der Waals surface area contributed by atoms with Crippen molar-refractivity contribution < 1.29 is 32.9 Å². The summed E-state index contributed by atoms with van der Waals surface area (Å²) in [5.74, 6) is -0.205. The van der Waals surface area contributed by atoms with E-state index in [1.165, 1.54) is 32.1 Å². The molecule has 0 aromatic rings. The van der Waals surface area contributed by atoms with E-state index in [0.717, 1.165) is 64.2 Å². The van der Waals surface area contributed by atoms with Gasteiger partial charge in [-0.25, -0.2) is 4.57 Å². The number of amides is 1. The first-order valence-electron chi connectivity index (χ1n) is 16.4. The Bertz CT molecular complexity index is 794. The SMILES string of the molecule is CCC/C=C\CCCCCCCC(=O)NC(COP(=O)(O)OCC[N+](C)(C)C)C(O)/C=C/CC/C=C/CCCCCC. The van der Waals surface area contributed by atoms with Gasteiger partial charge in [0.2, 0.25) is 5.91 Å². The molecule has 3 N–H and O–H groups in total. The second kappa shape index (κ2) is 26.2. The van der Waals surface area contributed by atoms with E-state index in [-0.39, 0.29) is 19.1 Å². The maximum atomic E-state index is 12.7.